The van der Waals surface area contributed by atoms with Gasteiger partial charge in [-0.1, -0.05) is 40.8 Å². The smallest absolute Gasteiger partial charge is 0.330 e. The van der Waals surface area contributed by atoms with Gasteiger partial charge < -0.3 is 19.7 Å². The molecule has 4 unspecified atom stereocenters. The maximum atomic E-state index is 12.5. The van der Waals surface area contributed by atoms with Gasteiger partial charge in [-0.2, -0.15) is 0 Å². The Morgan fingerprint density at radius 1 is 1.35 bits per heavy atom. The van der Waals surface area contributed by atoms with Crippen LogP contribution in [0.1, 0.15) is 6.92 Å². The van der Waals surface area contributed by atoms with E-state index in [0.717, 1.165) is 0 Å². The predicted octanol–water partition coefficient (Wildman–Crippen LogP) is 1.20. The second kappa shape index (κ2) is 7.63. The summed E-state index contributed by atoms with van der Waals surface area (Å²) in [6, 6.07) is 7.70. The molecule has 1 aromatic rings. The number of benzene rings is 1. The summed E-state index contributed by atoms with van der Waals surface area (Å²) in [5.41, 5.74) is 0. The van der Waals surface area contributed by atoms with Gasteiger partial charge >= 0.3 is 5.97 Å². The van der Waals surface area contributed by atoms with Gasteiger partial charge in [0.15, 0.2) is 6.61 Å². The van der Waals surface area contributed by atoms with Crippen LogP contribution in [0.25, 0.3) is 0 Å². The topological polar surface area (TPSA) is 84.9 Å². The number of amides is 2. The Kier molecular flexibility index (Phi) is 5.66. The maximum absolute atomic E-state index is 12.5. The van der Waals surface area contributed by atoms with Crippen molar-refractivity contribution in [3.8, 4) is 5.75 Å². The Hall–Kier alpha value is -1.49. The number of nitrogens with zero attached hydrogens (tertiary/aromatic N) is 1. The first-order chi connectivity index (χ1) is 12.4. The molecule has 0 radical (unpaired) electrons. The summed E-state index contributed by atoms with van der Waals surface area (Å²) in [5, 5.41) is 2.45. The third-order valence-electron chi connectivity index (χ3n) is 4.45. The average Bonchev–Trinajstić information content (AvgIpc) is 2.95. The Morgan fingerprint density at radius 2 is 2.04 bits per heavy atom. The molecule has 2 aliphatic rings. The zero-order valence-corrected chi connectivity index (χ0v) is 17.3. The van der Waals surface area contributed by atoms with E-state index in [9.17, 15) is 14.4 Å². The first-order valence-corrected chi connectivity index (χ1v) is 10.4. The molecule has 1 aromatic carbocycles. The number of methoxy groups -OCH3 is 1. The van der Waals surface area contributed by atoms with Crippen molar-refractivity contribution in [2.75, 3.05) is 18.1 Å². The first-order valence-electron chi connectivity index (χ1n) is 8.02. The van der Waals surface area contributed by atoms with Gasteiger partial charge in [0.1, 0.15) is 23.2 Å². The molecule has 2 fully saturated rings. The number of alkyl halides is 1. The van der Waals surface area contributed by atoms with E-state index in [1.54, 1.807) is 12.1 Å². The van der Waals surface area contributed by atoms with Crippen LogP contribution in [0.3, 0.4) is 0 Å². The van der Waals surface area contributed by atoms with Crippen molar-refractivity contribution in [2.45, 2.75) is 29.1 Å². The summed E-state index contributed by atoms with van der Waals surface area (Å²) < 4.78 is 10.5. The molecule has 4 atom stereocenters. The monoisotopic (exact) mass is 490 g/mol. The summed E-state index contributed by atoms with van der Waals surface area (Å²) in [5.74, 6) is -0.475. The number of halogens is 1. The van der Waals surface area contributed by atoms with Crippen LogP contribution in [-0.4, -0.2) is 63.0 Å². The quantitative estimate of drug-likeness (QED) is 0.279. The Bertz CT molecular complexity index is 718. The number of thioether (sulfide) groups is 1. The van der Waals surface area contributed by atoms with Gasteiger partial charge in [-0.25, -0.2) is 4.79 Å². The summed E-state index contributed by atoms with van der Waals surface area (Å²) in [4.78, 5) is 38.4. The number of carbonyl (C=O) groups excluding carboxylic acids is 3. The van der Waals surface area contributed by atoms with E-state index >= 15 is 0 Å². The van der Waals surface area contributed by atoms with Crippen LogP contribution in [0.4, 0.5) is 0 Å². The molecular weight excluding hydrogens is 471 g/mol. The van der Waals surface area contributed by atoms with Gasteiger partial charge in [0, 0.05) is 4.43 Å². The second-order valence-electron chi connectivity index (χ2n) is 6.27. The van der Waals surface area contributed by atoms with Crippen molar-refractivity contribution >= 4 is 52.1 Å². The summed E-state index contributed by atoms with van der Waals surface area (Å²) >= 11 is 3.73. The number of hydrogen-bond donors (Lipinski definition) is 1. The zero-order valence-electron chi connectivity index (χ0n) is 14.3. The van der Waals surface area contributed by atoms with Crippen molar-refractivity contribution in [1.82, 2.24) is 10.2 Å². The molecule has 140 valence electrons. The number of fused-ring (bicyclic) bond motifs is 1. The van der Waals surface area contributed by atoms with E-state index < -0.39 is 22.8 Å². The molecule has 2 saturated heterocycles. The van der Waals surface area contributed by atoms with E-state index in [1.807, 2.05) is 25.1 Å². The number of esters is 1. The Balaban J connectivity index is 1.62. The minimum Gasteiger partial charge on any atom is -0.484 e. The standard InChI is InChI=1S/C17H19IN2O5S/c1-17(9-18)13(16(23)24-2)20-14(22)12(15(20)26-17)19-11(21)8-25-10-6-4-3-5-7-10/h3-7,12-13,15H,8-9H2,1-2H3,(H,19,21). The van der Waals surface area contributed by atoms with Crippen molar-refractivity contribution < 1.29 is 23.9 Å². The molecule has 9 heteroatoms. The summed E-state index contributed by atoms with van der Waals surface area (Å²) in [6.07, 6.45) is 0. The number of hydrogen-bond acceptors (Lipinski definition) is 6. The number of rotatable bonds is 6. The van der Waals surface area contributed by atoms with E-state index in [1.165, 1.54) is 23.8 Å². The number of ether oxygens (including phenoxy) is 2. The molecule has 0 bridgehead atoms. The van der Waals surface area contributed by atoms with Crippen molar-refractivity contribution in [3.63, 3.8) is 0 Å². The largest absolute Gasteiger partial charge is 0.484 e. The van der Waals surface area contributed by atoms with E-state index in [-0.39, 0.29) is 23.8 Å². The molecule has 3 rings (SSSR count). The Morgan fingerprint density at radius 3 is 2.65 bits per heavy atom. The van der Waals surface area contributed by atoms with Crippen LogP contribution in [0.15, 0.2) is 30.3 Å². The highest BCUT2D eigenvalue weighted by Gasteiger charge is 2.65. The molecule has 7 nitrogen and oxygen atoms in total. The molecule has 2 heterocycles. The number of para-hydroxylation sites is 1. The minimum atomic E-state index is -0.649. The first kappa shape index (κ1) is 19.3. The lowest BCUT2D eigenvalue weighted by atomic mass is 9.96. The molecule has 2 aliphatic heterocycles. The highest BCUT2D eigenvalue weighted by atomic mass is 127. The number of nitrogens with one attached hydrogen (secondary N) is 1. The lowest BCUT2D eigenvalue weighted by Crippen LogP contribution is -2.71. The van der Waals surface area contributed by atoms with Crippen LogP contribution in [0.5, 0.6) is 5.75 Å². The molecule has 1 N–H and O–H groups in total. The van der Waals surface area contributed by atoms with Crippen LogP contribution in [0.2, 0.25) is 0 Å². The molecule has 2 amide bonds. The lowest BCUT2D eigenvalue weighted by Gasteiger charge is -2.43. The summed E-state index contributed by atoms with van der Waals surface area (Å²) in [6.45, 7) is 1.77. The Labute approximate surface area is 169 Å². The molecule has 26 heavy (non-hydrogen) atoms. The number of β-lactam (4-membered cyclic amide) rings is 1. The van der Waals surface area contributed by atoms with Crippen molar-refractivity contribution in [1.29, 1.82) is 0 Å². The molecule has 0 saturated carbocycles. The molecular formula is C17H19IN2O5S. The van der Waals surface area contributed by atoms with Crippen LogP contribution >= 0.6 is 34.4 Å². The van der Waals surface area contributed by atoms with Gasteiger partial charge in [0.05, 0.1) is 11.9 Å². The second-order valence-corrected chi connectivity index (χ2v) is 8.69. The normalized spacial score (nSPS) is 29.6. The van der Waals surface area contributed by atoms with Crippen LogP contribution in [0, 0.1) is 0 Å². The highest BCUT2D eigenvalue weighted by Crippen LogP contribution is 2.52. The van der Waals surface area contributed by atoms with Gasteiger partial charge in [0.25, 0.3) is 5.91 Å². The van der Waals surface area contributed by atoms with Gasteiger partial charge in [-0.05, 0) is 19.1 Å². The molecule has 0 spiro atoms. The third-order valence-corrected chi connectivity index (χ3v) is 8.19. The van der Waals surface area contributed by atoms with Gasteiger partial charge in [0.2, 0.25) is 5.91 Å². The minimum absolute atomic E-state index is 0.171. The van der Waals surface area contributed by atoms with E-state index in [0.29, 0.717) is 10.2 Å². The van der Waals surface area contributed by atoms with Crippen molar-refractivity contribution in [3.05, 3.63) is 30.3 Å². The average molecular weight is 490 g/mol. The zero-order chi connectivity index (χ0) is 18.9. The maximum Gasteiger partial charge on any atom is 0.330 e. The fourth-order valence-electron chi connectivity index (χ4n) is 3.11. The van der Waals surface area contributed by atoms with E-state index in [4.69, 9.17) is 9.47 Å². The molecule has 0 aliphatic carbocycles. The van der Waals surface area contributed by atoms with Gasteiger partial charge in [-0.15, -0.1) is 11.8 Å². The van der Waals surface area contributed by atoms with Crippen LogP contribution in [-0.2, 0) is 19.1 Å². The van der Waals surface area contributed by atoms with Gasteiger partial charge in [-0.3, -0.25) is 9.59 Å². The number of carbonyl (C=O) groups is 3. The fraction of sp³-hybridized carbons (Fsp3) is 0.471. The van der Waals surface area contributed by atoms with Crippen molar-refractivity contribution in [2.24, 2.45) is 0 Å². The lowest BCUT2D eigenvalue weighted by molar-refractivity contribution is -0.162. The fourth-order valence-corrected chi connectivity index (χ4v) is 5.68. The molecule has 0 aromatic heterocycles. The predicted molar refractivity (Wildman–Crippen MR) is 105 cm³/mol. The summed E-state index contributed by atoms with van der Waals surface area (Å²) in [7, 11) is 1.32. The SMILES string of the molecule is COC(=O)C1N2C(=O)C(NC(=O)COc3ccccc3)C2SC1(C)CI. The van der Waals surface area contributed by atoms with Crippen LogP contribution < -0.4 is 10.1 Å². The third kappa shape index (κ3) is 3.38. The highest BCUT2D eigenvalue weighted by molar-refractivity contribution is 14.1. The van der Waals surface area contributed by atoms with E-state index in [2.05, 4.69) is 27.9 Å².